The van der Waals surface area contributed by atoms with Crippen molar-refractivity contribution in [1.29, 1.82) is 0 Å². The highest BCUT2D eigenvalue weighted by Gasteiger charge is 2.17. The van der Waals surface area contributed by atoms with Crippen molar-refractivity contribution in [3.05, 3.63) is 62.9 Å². The fourth-order valence-electron chi connectivity index (χ4n) is 6.85. The van der Waals surface area contributed by atoms with Gasteiger partial charge in [0.05, 0.1) is 26.2 Å². The van der Waals surface area contributed by atoms with Gasteiger partial charge in [0.15, 0.2) is 0 Å². The summed E-state index contributed by atoms with van der Waals surface area (Å²) in [5.74, 6) is 0. The molecule has 0 aliphatic heterocycles. The van der Waals surface area contributed by atoms with Crippen LogP contribution in [0.15, 0.2) is 48.7 Å². The van der Waals surface area contributed by atoms with Crippen LogP contribution in [0.4, 0.5) is 0 Å². The zero-order valence-corrected chi connectivity index (χ0v) is 34.8. The molecule has 0 unspecified atom stereocenters. The van der Waals surface area contributed by atoms with Crippen LogP contribution in [0.1, 0.15) is 128 Å². The summed E-state index contributed by atoms with van der Waals surface area (Å²) in [6.45, 7) is 2.05. The van der Waals surface area contributed by atoms with E-state index in [1.807, 2.05) is 0 Å². The summed E-state index contributed by atoms with van der Waals surface area (Å²) in [5, 5.41) is 0. The number of rotatable bonds is 35. The Morgan fingerprint density at radius 3 is 0.550 bits per heavy atom. The summed E-state index contributed by atoms with van der Waals surface area (Å²) >= 11 is 0. The van der Waals surface area contributed by atoms with Gasteiger partial charge in [0.1, 0.15) is 0 Å². The van der Waals surface area contributed by atoms with Crippen LogP contribution in [0.2, 0.25) is 0 Å². The third-order valence-electron chi connectivity index (χ3n) is 10.1. The highest BCUT2D eigenvalue weighted by Crippen LogP contribution is 2.06. The average Bonchev–Trinajstić information content (AvgIpc) is 3.24. The first-order valence-electron chi connectivity index (χ1n) is 21.3. The summed E-state index contributed by atoms with van der Waals surface area (Å²) in [4.78, 5) is 136. The molecule has 0 atom stereocenters. The largest absolute Gasteiger partial charge is 0.336 e. The van der Waals surface area contributed by atoms with E-state index in [9.17, 15) is 47.9 Å². The van der Waals surface area contributed by atoms with Gasteiger partial charge in [-0.15, -0.1) is 0 Å². The number of aliphatic imine (C=N–C) groups is 4. The molecule has 20 heteroatoms. The van der Waals surface area contributed by atoms with E-state index >= 15 is 0 Å². The second-order valence-electron chi connectivity index (χ2n) is 14.6. The predicted molar refractivity (Wildman–Crippen MR) is 223 cm³/mol. The molecular weight excluding hydrogens is 780 g/mol. The molecule has 330 valence electrons. The lowest BCUT2D eigenvalue weighted by atomic mass is 10.2. The highest BCUT2D eigenvalue weighted by molar-refractivity contribution is 5.33. The maximum atomic E-state index is 13.5. The first-order chi connectivity index (χ1) is 29.2. The van der Waals surface area contributed by atoms with E-state index in [1.165, 1.54) is 24.3 Å². The molecule has 0 saturated carbocycles. The van der Waals surface area contributed by atoms with Crippen molar-refractivity contribution in [3.8, 4) is 0 Å². The summed E-state index contributed by atoms with van der Waals surface area (Å²) in [7, 11) is 0. The highest BCUT2D eigenvalue weighted by atomic mass is 16.2. The minimum Gasteiger partial charge on any atom is -0.247 e. The van der Waals surface area contributed by atoms with Gasteiger partial charge in [-0.2, -0.15) is 0 Å². The van der Waals surface area contributed by atoms with Crippen LogP contribution in [-0.4, -0.2) is 77.9 Å². The first-order valence-corrected chi connectivity index (χ1v) is 21.3. The van der Waals surface area contributed by atoms with Crippen molar-refractivity contribution in [2.24, 2.45) is 20.0 Å². The molecule has 2 rings (SSSR count). The Balaban J connectivity index is 2.17. The van der Waals surface area contributed by atoms with Gasteiger partial charge < -0.3 is 0 Å². The van der Waals surface area contributed by atoms with Crippen LogP contribution in [-0.2, 0) is 58.4 Å². The fourth-order valence-corrected chi connectivity index (χ4v) is 6.85. The summed E-state index contributed by atoms with van der Waals surface area (Å²) in [6.07, 6.45) is 18.4. The number of isocyanates is 4. The van der Waals surface area contributed by atoms with E-state index in [4.69, 9.17) is 0 Å². The molecule has 60 heavy (non-hydrogen) atoms. The second-order valence-corrected chi connectivity index (χ2v) is 14.6. The van der Waals surface area contributed by atoms with Gasteiger partial charge in [0.25, 0.3) is 0 Å². The van der Waals surface area contributed by atoms with Gasteiger partial charge >= 0.3 is 34.1 Å². The van der Waals surface area contributed by atoms with Crippen molar-refractivity contribution >= 4 is 24.3 Å². The van der Waals surface area contributed by atoms with Crippen LogP contribution in [0.3, 0.4) is 0 Å². The quantitative estimate of drug-likeness (QED) is 0.0557. The van der Waals surface area contributed by atoms with E-state index < -0.39 is 34.1 Å². The Bertz CT molecular complexity index is 1880. The lowest BCUT2D eigenvalue weighted by Gasteiger charge is -2.15. The third-order valence-corrected chi connectivity index (χ3v) is 10.1. The molecule has 2 aromatic rings. The third kappa shape index (κ3) is 18.1. The smallest absolute Gasteiger partial charge is 0.247 e. The average molecular weight is 841 g/mol. The maximum absolute atomic E-state index is 13.5. The van der Waals surface area contributed by atoms with E-state index in [1.54, 1.807) is 0 Å². The molecule has 0 fully saturated rings. The number of nitrogens with zero attached hydrogens (tertiary/aromatic N) is 10. The van der Waals surface area contributed by atoms with Gasteiger partial charge in [0.2, 0.25) is 24.3 Å². The van der Waals surface area contributed by atoms with Crippen molar-refractivity contribution in [2.75, 3.05) is 26.2 Å². The standard InChI is InChI=1S/C40H60N10O10/c51-31-41-21-11-1-5-15-25-45-35(55)46(26-16-6-2-12-22-42-32-52)38(58)49(37(45)57)29-19-9-10-20-30-50-39(59)47(27-17-7-3-13-23-43-33-53)36(56)48(40(50)60)28-18-8-4-14-24-44-34-54/h1-30H2. The zero-order chi connectivity index (χ0) is 43.8. The van der Waals surface area contributed by atoms with Crippen molar-refractivity contribution in [2.45, 2.75) is 168 Å². The monoisotopic (exact) mass is 840 g/mol. The lowest BCUT2D eigenvalue weighted by molar-refractivity contribution is 0.403. The molecular formula is C40H60N10O10. The van der Waals surface area contributed by atoms with E-state index in [-0.39, 0.29) is 39.3 Å². The molecule has 0 aromatic carbocycles. The van der Waals surface area contributed by atoms with Crippen LogP contribution < -0.4 is 34.1 Å². The number of unbranched alkanes of at least 4 members (excludes halogenated alkanes) is 15. The Labute approximate surface area is 347 Å². The minimum absolute atomic E-state index is 0.0615. The summed E-state index contributed by atoms with van der Waals surface area (Å²) < 4.78 is 6.56. The summed E-state index contributed by atoms with van der Waals surface area (Å²) in [6, 6.07) is 0. The number of carbonyl (C=O) groups excluding carboxylic acids is 4. The number of aromatic nitrogens is 6. The molecule has 0 amide bonds. The SMILES string of the molecule is O=C=NCCCCCCn1c(=O)n(CCCCCCN=C=O)c(=O)n(CCCCCCn2c(=O)n(CCCCCCN=C=O)c(=O)n(CCCCCCN=C=O)c2=O)c1=O. The molecule has 20 nitrogen and oxygen atoms in total. The van der Waals surface area contributed by atoms with Crippen LogP contribution in [0.5, 0.6) is 0 Å². The number of hydrogen-bond acceptors (Lipinski definition) is 14. The van der Waals surface area contributed by atoms with Crippen LogP contribution >= 0.6 is 0 Å². The van der Waals surface area contributed by atoms with E-state index in [0.717, 1.165) is 53.1 Å². The Kier molecular flexibility index (Phi) is 26.3. The van der Waals surface area contributed by atoms with Gasteiger partial charge in [-0.25, -0.2) is 95.3 Å². The normalized spacial score (nSPS) is 10.7. The van der Waals surface area contributed by atoms with Gasteiger partial charge in [0, 0.05) is 39.3 Å². The van der Waals surface area contributed by atoms with Crippen LogP contribution in [0.25, 0.3) is 0 Å². The van der Waals surface area contributed by atoms with Gasteiger partial charge in [-0.3, -0.25) is 0 Å². The Morgan fingerprint density at radius 2 is 0.400 bits per heavy atom. The van der Waals surface area contributed by atoms with E-state index in [0.29, 0.717) is 129 Å². The van der Waals surface area contributed by atoms with Crippen molar-refractivity contribution < 1.29 is 19.2 Å². The van der Waals surface area contributed by atoms with Gasteiger partial charge in [-0.1, -0.05) is 64.2 Å². The molecule has 0 aliphatic carbocycles. The second kappa shape index (κ2) is 31.3. The molecule has 2 heterocycles. The maximum Gasteiger partial charge on any atom is 0.336 e. The summed E-state index contributed by atoms with van der Waals surface area (Å²) in [5.41, 5.74) is -4.06. The predicted octanol–water partition coefficient (Wildman–Crippen LogP) is 2.50. The van der Waals surface area contributed by atoms with E-state index in [2.05, 4.69) is 20.0 Å². The molecule has 0 radical (unpaired) electrons. The molecule has 0 bridgehead atoms. The topological polar surface area (TPSA) is 250 Å². The Morgan fingerprint density at radius 1 is 0.250 bits per heavy atom. The molecule has 2 aromatic heterocycles. The first kappa shape index (κ1) is 50.5. The fraction of sp³-hybridized carbons (Fsp3) is 0.750. The van der Waals surface area contributed by atoms with Gasteiger partial charge in [-0.05, 0) is 64.2 Å². The van der Waals surface area contributed by atoms with Crippen LogP contribution in [0, 0.1) is 0 Å². The number of hydrogen-bond donors (Lipinski definition) is 0. The lowest BCUT2D eigenvalue weighted by Crippen LogP contribution is -2.54. The molecule has 0 aliphatic rings. The van der Waals surface area contributed by atoms with Crippen molar-refractivity contribution in [3.63, 3.8) is 0 Å². The minimum atomic E-state index is -0.683. The molecule has 0 spiro atoms. The Hall–Kier alpha value is -5.66. The molecule has 0 saturated heterocycles. The molecule has 0 N–H and O–H groups in total. The zero-order valence-electron chi connectivity index (χ0n) is 34.8. The van der Waals surface area contributed by atoms with Crippen molar-refractivity contribution in [1.82, 2.24) is 27.4 Å².